The molecule has 37 heavy (non-hydrogen) atoms. The van der Waals surface area contributed by atoms with Crippen LogP contribution in [0.15, 0.2) is 10.5 Å². The summed E-state index contributed by atoms with van der Waals surface area (Å²) >= 11 is 0.971. The number of oxime groups is 1. The highest BCUT2D eigenvalue weighted by molar-refractivity contribution is 7.14. The molecule has 3 rings (SSSR count). The van der Waals surface area contributed by atoms with Crippen LogP contribution in [0.5, 0.6) is 0 Å². The number of amides is 3. The van der Waals surface area contributed by atoms with Gasteiger partial charge in [-0.2, -0.15) is 4.80 Å². The van der Waals surface area contributed by atoms with Crippen molar-refractivity contribution in [2.75, 3.05) is 5.32 Å². The fourth-order valence-corrected chi connectivity index (χ4v) is 3.46. The standard InChI is InChI=1S/C20H27N9O7S/c1-9-25-28-29(26-9)7-10-12(14(30)21-10)23-15(31)13(27-36-20(5,6)16(32)33)11-8-37-17(22-11)24-18(34)35-19(2,3)4/h8,10,12H,7H2,1-6H3,(H,21,30)(H,23,31)(H,32,33)(H,22,24,34)/b27-13-/t10-,12?/m0/s1. The Labute approximate surface area is 214 Å². The van der Waals surface area contributed by atoms with Crippen LogP contribution in [0.4, 0.5) is 9.93 Å². The molecule has 16 nitrogen and oxygen atoms in total. The van der Waals surface area contributed by atoms with Crippen LogP contribution in [0, 0.1) is 6.92 Å². The molecule has 1 aliphatic heterocycles. The number of carboxylic acids is 1. The van der Waals surface area contributed by atoms with Crippen molar-refractivity contribution in [3.8, 4) is 0 Å². The smallest absolute Gasteiger partial charge is 0.413 e. The maximum atomic E-state index is 13.2. The minimum absolute atomic E-state index is 0.0282. The highest BCUT2D eigenvalue weighted by Gasteiger charge is 2.42. The summed E-state index contributed by atoms with van der Waals surface area (Å²) in [6, 6.07) is -1.50. The molecule has 0 aromatic carbocycles. The number of carbonyl (C=O) groups excluding carboxylic acids is 3. The lowest BCUT2D eigenvalue weighted by Gasteiger charge is -2.36. The molecule has 4 N–H and O–H groups in total. The molecule has 1 unspecified atom stereocenters. The molecule has 2 aromatic rings. The Kier molecular flexibility index (Phi) is 7.75. The van der Waals surface area contributed by atoms with Crippen molar-refractivity contribution in [2.45, 2.75) is 71.4 Å². The predicted molar refractivity (Wildman–Crippen MR) is 128 cm³/mol. The van der Waals surface area contributed by atoms with Crippen molar-refractivity contribution in [2.24, 2.45) is 5.16 Å². The molecule has 2 aromatic heterocycles. The van der Waals surface area contributed by atoms with E-state index in [4.69, 9.17) is 9.57 Å². The number of β-lactam (4-membered cyclic amide) rings is 1. The van der Waals surface area contributed by atoms with E-state index in [0.717, 1.165) is 11.3 Å². The van der Waals surface area contributed by atoms with Crippen molar-refractivity contribution in [1.29, 1.82) is 0 Å². The van der Waals surface area contributed by atoms with Gasteiger partial charge in [0.15, 0.2) is 16.7 Å². The monoisotopic (exact) mass is 537 g/mol. The first-order chi connectivity index (χ1) is 17.1. The van der Waals surface area contributed by atoms with Gasteiger partial charge in [0.2, 0.25) is 11.5 Å². The van der Waals surface area contributed by atoms with Gasteiger partial charge in [0.25, 0.3) is 5.91 Å². The summed E-state index contributed by atoms with van der Waals surface area (Å²) in [6.07, 6.45) is -0.759. The Balaban J connectivity index is 1.79. The number of carboxylic acid groups (broad SMARTS) is 1. The van der Waals surface area contributed by atoms with Gasteiger partial charge < -0.3 is 25.3 Å². The van der Waals surface area contributed by atoms with Gasteiger partial charge in [-0.25, -0.2) is 14.6 Å². The molecule has 3 heterocycles. The molecule has 3 amide bonds. The Morgan fingerprint density at radius 1 is 1.27 bits per heavy atom. The van der Waals surface area contributed by atoms with Crippen molar-refractivity contribution in [3.63, 3.8) is 0 Å². The van der Waals surface area contributed by atoms with E-state index in [-0.39, 0.29) is 17.4 Å². The maximum absolute atomic E-state index is 13.2. The molecule has 1 aliphatic rings. The number of tetrazole rings is 1. The first-order valence-corrected chi connectivity index (χ1v) is 11.8. The topological polar surface area (TPSA) is 212 Å². The SMILES string of the molecule is Cc1nnn(C[C@@H]2NC(=O)C2NC(=O)/C(=N\OC(C)(C)C(=O)O)c2csc(NC(=O)OC(C)(C)C)n2)n1. The van der Waals surface area contributed by atoms with Crippen molar-refractivity contribution in [1.82, 2.24) is 35.8 Å². The molecule has 0 aliphatic carbocycles. The molecule has 1 saturated heterocycles. The number of thiazole rings is 1. The summed E-state index contributed by atoms with van der Waals surface area (Å²) in [4.78, 5) is 59.4. The lowest BCUT2D eigenvalue weighted by atomic mass is 9.98. The molecule has 1 fully saturated rings. The lowest BCUT2D eigenvalue weighted by molar-refractivity contribution is -0.161. The van der Waals surface area contributed by atoms with Gasteiger partial charge in [0, 0.05) is 5.38 Å². The first kappa shape index (κ1) is 27.4. The average molecular weight is 538 g/mol. The number of anilines is 1. The molecular formula is C20H27N9O7S. The number of aliphatic carboxylic acids is 1. The second-order valence-electron chi connectivity index (χ2n) is 9.47. The van der Waals surface area contributed by atoms with E-state index < -0.39 is 52.9 Å². The normalized spacial score (nSPS) is 17.9. The number of hydrogen-bond donors (Lipinski definition) is 4. The van der Waals surface area contributed by atoms with Crippen LogP contribution in [0.25, 0.3) is 0 Å². The summed E-state index contributed by atoms with van der Waals surface area (Å²) in [5, 5.41) is 33.8. The van der Waals surface area contributed by atoms with Gasteiger partial charge in [-0.1, -0.05) is 5.16 Å². The third kappa shape index (κ3) is 7.18. The van der Waals surface area contributed by atoms with Crippen LogP contribution in [0.1, 0.15) is 46.1 Å². The van der Waals surface area contributed by atoms with Gasteiger partial charge in [-0.15, -0.1) is 21.5 Å². The molecule has 0 bridgehead atoms. The largest absolute Gasteiger partial charge is 0.478 e. The molecule has 0 radical (unpaired) electrons. The van der Waals surface area contributed by atoms with E-state index in [1.165, 1.54) is 24.0 Å². The molecular weight excluding hydrogens is 510 g/mol. The highest BCUT2D eigenvalue weighted by atomic mass is 32.1. The van der Waals surface area contributed by atoms with Crippen molar-refractivity contribution >= 4 is 46.1 Å². The number of carbonyl (C=O) groups is 4. The lowest BCUT2D eigenvalue weighted by Crippen LogP contribution is -2.70. The van der Waals surface area contributed by atoms with Crippen LogP contribution < -0.4 is 16.0 Å². The van der Waals surface area contributed by atoms with Gasteiger partial charge in [0.1, 0.15) is 17.3 Å². The second-order valence-corrected chi connectivity index (χ2v) is 10.3. The van der Waals surface area contributed by atoms with Gasteiger partial charge >= 0.3 is 12.1 Å². The van der Waals surface area contributed by atoms with Crippen LogP contribution in [0.2, 0.25) is 0 Å². The summed E-state index contributed by atoms with van der Waals surface area (Å²) in [5.41, 5.74) is -2.95. The molecule has 0 spiro atoms. The van der Waals surface area contributed by atoms with Gasteiger partial charge in [-0.3, -0.25) is 14.9 Å². The number of nitrogens with zero attached hydrogens (tertiary/aromatic N) is 6. The number of hydrogen-bond acceptors (Lipinski definition) is 12. The van der Waals surface area contributed by atoms with Crippen molar-refractivity contribution in [3.05, 3.63) is 16.9 Å². The zero-order chi connectivity index (χ0) is 27.5. The number of ether oxygens (including phenoxy) is 1. The van der Waals surface area contributed by atoms with E-state index in [1.54, 1.807) is 27.7 Å². The number of aryl methyl sites for hydroxylation is 1. The average Bonchev–Trinajstić information content (AvgIpc) is 3.39. The fraction of sp³-hybridized carbons (Fsp3) is 0.550. The zero-order valence-electron chi connectivity index (χ0n) is 20.9. The summed E-state index contributed by atoms with van der Waals surface area (Å²) in [6.45, 7) is 9.37. The van der Waals surface area contributed by atoms with Crippen LogP contribution in [-0.2, 0) is 30.5 Å². The minimum Gasteiger partial charge on any atom is -0.478 e. The number of rotatable bonds is 9. The third-order valence-corrected chi connectivity index (χ3v) is 5.42. The Hall–Kier alpha value is -4.15. The quantitative estimate of drug-likeness (QED) is 0.191. The van der Waals surface area contributed by atoms with Crippen LogP contribution >= 0.6 is 11.3 Å². The van der Waals surface area contributed by atoms with E-state index in [2.05, 4.69) is 41.5 Å². The van der Waals surface area contributed by atoms with E-state index in [1.807, 2.05) is 0 Å². The summed E-state index contributed by atoms with van der Waals surface area (Å²) < 4.78 is 5.18. The molecule has 0 saturated carbocycles. The van der Waals surface area contributed by atoms with E-state index >= 15 is 0 Å². The summed E-state index contributed by atoms with van der Waals surface area (Å²) in [5.74, 6) is -2.19. The van der Waals surface area contributed by atoms with Crippen LogP contribution in [-0.4, -0.2) is 83.2 Å². The number of nitrogens with one attached hydrogen (secondary N) is 3. The maximum Gasteiger partial charge on any atom is 0.413 e. The third-order valence-electron chi connectivity index (χ3n) is 4.66. The summed E-state index contributed by atoms with van der Waals surface area (Å²) in [7, 11) is 0. The predicted octanol–water partition coefficient (Wildman–Crippen LogP) is 0.0523. The van der Waals surface area contributed by atoms with E-state index in [0.29, 0.717) is 5.82 Å². The number of aromatic nitrogens is 5. The fourth-order valence-electron chi connectivity index (χ4n) is 2.78. The Morgan fingerprint density at radius 3 is 2.54 bits per heavy atom. The minimum atomic E-state index is -1.77. The Morgan fingerprint density at radius 2 is 1.97 bits per heavy atom. The zero-order valence-corrected chi connectivity index (χ0v) is 21.7. The molecule has 200 valence electrons. The van der Waals surface area contributed by atoms with Gasteiger partial charge in [0.05, 0.1) is 12.6 Å². The van der Waals surface area contributed by atoms with Crippen molar-refractivity contribution < 1.29 is 33.9 Å². The second kappa shape index (κ2) is 10.5. The molecule has 17 heteroatoms. The van der Waals surface area contributed by atoms with Gasteiger partial charge in [-0.05, 0) is 46.8 Å². The van der Waals surface area contributed by atoms with E-state index in [9.17, 15) is 24.3 Å². The first-order valence-electron chi connectivity index (χ1n) is 11.0. The van der Waals surface area contributed by atoms with Crippen LogP contribution in [0.3, 0.4) is 0 Å². The highest BCUT2D eigenvalue weighted by Crippen LogP contribution is 2.20. The Bertz CT molecular complexity index is 1230. The molecule has 2 atom stereocenters.